The van der Waals surface area contributed by atoms with Crippen molar-refractivity contribution in [1.29, 1.82) is 0 Å². The van der Waals surface area contributed by atoms with Crippen LogP contribution in [0.2, 0.25) is 0 Å². The Balaban J connectivity index is 2.02. The lowest BCUT2D eigenvalue weighted by Crippen LogP contribution is -2.35. The predicted molar refractivity (Wildman–Crippen MR) is 108 cm³/mol. The molecule has 1 fully saturated rings. The number of aromatic nitrogens is 1. The lowest BCUT2D eigenvalue weighted by molar-refractivity contribution is -0.665. The van der Waals surface area contributed by atoms with Gasteiger partial charge in [-0.1, -0.05) is 37.1 Å². The van der Waals surface area contributed by atoms with Crippen LogP contribution in [-0.4, -0.2) is 0 Å². The van der Waals surface area contributed by atoms with E-state index >= 15 is 0 Å². The van der Waals surface area contributed by atoms with Crippen LogP contribution in [0.1, 0.15) is 49.8 Å². The molecule has 4 rings (SSSR count). The Labute approximate surface area is 157 Å². The quantitative estimate of drug-likeness (QED) is 0.389. The molecule has 0 amide bonds. The second-order valence-corrected chi connectivity index (χ2v) is 7.52. The molecule has 2 heteroatoms. The van der Waals surface area contributed by atoms with Crippen molar-refractivity contribution in [2.75, 3.05) is 0 Å². The van der Waals surface area contributed by atoms with Gasteiger partial charge in [-0.25, -0.2) is 4.85 Å². The van der Waals surface area contributed by atoms with E-state index in [2.05, 4.69) is 34.5 Å². The normalized spacial score (nSPS) is 15.2. The standard InChI is InChI=1S/C24H25N2/c1-16-9-10-19(18-7-5-6-8-18)15-23(16)24-22-12-11-21(25-3)14-20(22)13-17(2)26(24)4/h9-15,18H,5-8H2,1-2,4H3/q+1/i13D. The molecule has 2 nitrogen and oxygen atoms in total. The Kier molecular flexibility index (Phi) is 3.94. The van der Waals surface area contributed by atoms with Gasteiger partial charge in [-0.15, -0.1) is 0 Å². The zero-order valence-corrected chi connectivity index (χ0v) is 15.8. The van der Waals surface area contributed by atoms with Gasteiger partial charge in [-0.2, -0.15) is 4.57 Å². The average molecular weight is 342 g/mol. The first kappa shape index (κ1) is 15.6. The Morgan fingerprint density at radius 2 is 1.88 bits per heavy atom. The molecular weight excluding hydrogens is 316 g/mol. The minimum absolute atomic E-state index is 0.506. The molecule has 0 atom stereocenters. The van der Waals surface area contributed by atoms with Crippen molar-refractivity contribution in [2.45, 2.75) is 45.4 Å². The second-order valence-electron chi connectivity index (χ2n) is 7.52. The predicted octanol–water partition coefficient (Wildman–Crippen LogP) is 6.16. The lowest BCUT2D eigenvalue weighted by atomic mass is 9.91. The fourth-order valence-electron chi connectivity index (χ4n) is 4.27. The number of benzene rings is 2. The smallest absolute Gasteiger partial charge is 0.220 e. The van der Waals surface area contributed by atoms with Crippen molar-refractivity contribution in [3.8, 4) is 11.3 Å². The highest BCUT2D eigenvalue weighted by Gasteiger charge is 2.23. The Hall–Kier alpha value is -2.66. The molecular formula is C24H25N2+. The van der Waals surface area contributed by atoms with Crippen molar-refractivity contribution in [3.05, 3.63) is 70.7 Å². The van der Waals surface area contributed by atoms with Crippen LogP contribution in [-0.2, 0) is 7.05 Å². The SMILES string of the molecule is [2H]c1c(C)[n+](C)c(-c2cc(C3CCCC3)ccc2C)c2ccc([N+]#[C-])cc12. The van der Waals surface area contributed by atoms with E-state index in [0.717, 1.165) is 22.2 Å². The van der Waals surface area contributed by atoms with Gasteiger partial charge in [0.2, 0.25) is 5.69 Å². The summed E-state index contributed by atoms with van der Waals surface area (Å²) in [4.78, 5) is 3.56. The van der Waals surface area contributed by atoms with Crippen LogP contribution in [0.5, 0.6) is 0 Å². The van der Waals surface area contributed by atoms with Gasteiger partial charge < -0.3 is 0 Å². The maximum Gasteiger partial charge on any atom is 0.220 e. The highest BCUT2D eigenvalue weighted by atomic mass is 14.9. The van der Waals surface area contributed by atoms with Crippen LogP contribution in [0.15, 0.2) is 42.4 Å². The van der Waals surface area contributed by atoms with E-state index in [9.17, 15) is 0 Å². The molecule has 1 heterocycles. The third-order valence-electron chi connectivity index (χ3n) is 5.88. The first-order valence-corrected chi connectivity index (χ1v) is 9.42. The van der Waals surface area contributed by atoms with Crippen molar-refractivity contribution < 1.29 is 5.94 Å². The molecule has 0 spiro atoms. The topological polar surface area (TPSA) is 8.24 Å². The van der Waals surface area contributed by atoms with Gasteiger partial charge in [-0.3, -0.25) is 0 Å². The molecule has 2 aromatic carbocycles. The van der Waals surface area contributed by atoms with Gasteiger partial charge in [-0.05, 0) is 54.3 Å². The van der Waals surface area contributed by atoms with E-state index in [-0.39, 0.29) is 0 Å². The zero-order valence-electron chi connectivity index (χ0n) is 16.8. The molecule has 0 unspecified atom stereocenters. The Bertz CT molecular complexity index is 1090. The summed E-state index contributed by atoms with van der Waals surface area (Å²) in [7, 11) is 2.05. The number of pyridine rings is 1. The van der Waals surface area contributed by atoms with Gasteiger partial charge in [0, 0.05) is 18.5 Å². The monoisotopic (exact) mass is 342 g/mol. The summed E-state index contributed by atoms with van der Waals surface area (Å²) in [6, 6.07) is 13.1. The number of fused-ring (bicyclic) bond motifs is 1. The average Bonchev–Trinajstić information content (AvgIpc) is 3.22. The molecule has 1 aromatic heterocycles. The van der Waals surface area contributed by atoms with Gasteiger partial charge in [0.15, 0.2) is 11.4 Å². The van der Waals surface area contributed by atoms with Crippen LogP contribution >= 0.6 is 0 Å². The molecule has 0 bridgehead atoms. The highest BCUT2D eigenvalue weighted by molar-refractivity contribution is 5.95. The summed E-state index contributed by atoms with van der Waals surface area (Å²) in [5, 5.41) is 1.91. The van der Waals surface area contributed by atoms with E-state index in [0.29, 0.717) is 17.6 Å². The molecule has 1 saturated carbocycles. The molecule has 0 radical (unpaired) electrons. The molecule has 0 saturated heterocycles. The van der Waals surface area contributed by atoms with E-state index < -0.39 is 0 Å². The molecule has 3 aromatic rings. The number of hydrogen-bond donors (Lipinski definition) is 0. The van der Waals surface area contributed by atoms with Crippen molar-refractivity contribution in [3.63, 3.8) is 0 Å². The zero-order chi connectivity index (χ0) is 19.1. The van der Waals surface area contributed by atoms with Crippen molar-refractivity contribution in [2.24, 2.45) is 7.05 Å². The summed E-state index contributed by atoms with van der Waals surface area (Å²) < 4.78 is 10.7. The number of hydrogen-bond acceptors (Lipinski definition) is 0. The third-order valence-corrected chi connectivity index (χ3v) is 5.88. The minimum atomic E-state index is 0.506. The number of rotatable bonds is 2. The summed E-state index contributed by atoms with van der Waals surface area (Å²) in [5.41, 5.74) is 6.58. The first-order valence-electron chi connectivity index (χ1n) is 9.92. The minimum Gasteiger partial charge on any atom is -0.238 e. The molecule has 0 N–H and O–H groups in total. The van der Waals surface area contributed by atoms with E-state index in [1.54, 1.807) is 0 Å². The summed E-state index contributed by atoms with van der Waals surface area (Å²) in [6.07, 6.45) is 5.23. The molecule has 26 heavy (non-hydrogen) atoms. The maximum absolute atomic E-state index is 8.57. The molecule has 1 aliphatic rings. The highest BCUT2D eigenvalue weighted by Crippen LogP contribution is 2.37. The summed E-state index contributed by atoms with van der Waals surface area (Å²) >= 11 is 0. The second kappa shape index (κ2) is 6.57. The first-order chi connectivity index (χ1) is 13.0. The van der Waals surface area contributed by atoms with Crippen molar-refractivity contribution in [1.82, 2.24) is 0 Å². The van der Waals surface area contributed by atoms with Crippen LogP contribution in [0.4, 0.5) is 5.69 Å². The molecule has 0 aliphatic heterocycles. The molecule has 130 valence electrons. The van der Waals surface area contributed by atoms with E-state index in [1.807, 2.05) is 32.2 Å². The Morgan fingerprint density at radius 3 is 2.62 bits per heavy atom. The van der Waals surface area contributed by atoms with Gasteiger partial charge in [0.25, 0.3) is 0 Å². The fraction of sp³-hybridized carbons (Fsp3) is 0.333. The van der Waals surface area contributed by atoms with E-state index in [4.69, 9.17) is 7.94 Å². The van der Waals surface area contributed by atoms with Gasteiger partial charge >= 0.3 is 0 Å². The maximum atomic E-state index is 8.57. The fourth-order valence-corrected chi connectivity index (χ4v) is 4.27. The Morgan fingerprint density at radius 1 is 1.12 bits per heavy atom. The largest absolute Gasteiger partial charge is 0.238 e. The summed E-state index contributed by atoms with van der Waals surface area (Å²) in [6.45, 7) is 11.5. The number of aryl methyl sites for hydroxylation is 1. The van der Waals surface area contributed by atoms with Crippen LogP contribution < -0.4 is 4.57 Å². The van der Waals surface area contributed by atoms with Crippen LogP contribution in [0, 0.1) is 20.4 Å². The van der Waals surface area contributed by atoms with Crippen LogP contribution in [0.25, 0.3) is 26.9 Å². The van der Waals surface area contributed by atoms with Crippen molar-refractivity contribution >= 4 is 16.5 Å². The number of nitrogens with zero attached hydrogens (tertiary/aromatic N) is 2. The lowest BCUT2D eigenvalue weighted by Gasteiger charge is -2.14. The van der Waals surface area contributed by atoms with Gasteiger partial charge in [0.05, 0.1) is 13.3 Å². The van der Waals surface area contributed by atoms with Crippen LogP contribution in [0.3, 0.4) is 0 Å². The molecule has 1 aliphatic carbocycles. The third kappa shape index (κ3) is 2.78. The van der Waals surface area contributed by atoms with Gasteiger partial charge in [0.1, 0.15) is 7.05 Å². The summed E-state index contributed by atoms with van der Waals surface area (Å²) in [5.74, 6) is 0.672. The van der Waals surface area contributed by atoms with E-state index in [1.165, 1.54) is 42.4 Å².